The summed E-state index contributed by atoms with van der Waals surface area (Å²) in [7, 11) is 1.56. The molecule has 0 amide bonds. The molecule has 0 spiro atoms. The smallest absolute Gasteiger partial charge is 0.348 e. The Bertz CT molecular complexity index is 383. The minimum atomic E-state index is -0.593. The summed E-state index contributed by atoms with van der Waals surface area (Å²) in [5.74, 6) is 0.668. The second kappa shape index (κ2) is 4.88. The first-order valence-corrected chi connectivity index (χ1v) is 4.86. The van der Waals surface area contributed by atoms with E-state index in [0.717, 1.165) is 6.42 Å². The highest BCUT2D eigenvalue weighted by atomic mass is 35.5. The average molecular weight is 231 g/mol. The van der Waals surface area contributed by atoms with Gasteiger partial charge in [-0.1, -0.05) is 18.5 Å². The van der Waals surface area contributed by atoms with Gasteiger partial charge < -0.3 is 5.32 Å². The zero-order valence-corrected chi connectivity index (χ0v) is 9.21. The van der Waals surface area contributed by atoms with Gasteiger partial charge in [0, 0.05) is 13.5 Å². The molecule has 1 N–H and O–H groups in total. The number of nitrogens with zero attached hydrogens (tertiary/aromatic N) is 3. The van der Waals surface area contributed by atoms with Crippen LogP contribution in [0.2, 0.25) is 5.15 Å². The number of nitro groups is 1. The van der Waals surface area contributed by atoms with Gasteiger partial charge in [0.1, 0.15) is 5.82 Å². The van der Waals surface area contributed by atoms with Gasteiger partial charge in [0.05, 0.1) is 4.92 Å². The number of aryl methyl sites for hydroxylation is 1. The summed E-state index contributed by atoms with van der Waals surface area (Å²) in [5, 5.41) is 13.2. The molecule has 0 atom stereocenters. The van der Waals surface area contributed by atoms with Crippen LogP contribution in [-0.4, -0.2) is 21.9 Å². The topological polar surface area (TPSA) is 81.0 Å². The predicted molar refractivity (Wildman–Crippen MR) is 57.2 cm³/mol. The lowest BCUT2D eigenvalue weighted by molar-refractivity contribution is -0.384. The number of anilines is 1. The Morgan fingerprint density at radius 3 is 2.67 bits per heavy atom. The lowest BCUT2D eigenvalue weighted by atomic mass is 10.3. The quantitative estimate of drug-likeness (QED) is 0.486. The molecule has 7 heteroatoms. The number of aromatic nitrogens is 2. The molecule has 1 heterocycles. The van der Waals surface area contributed by atoms with Gasteiger partial charge in [-0.25, -0.2) is 9.97 Å². The molecule has 1 rings (SSSR count). The molecule has 0 radical (unpaired) electrons. The lowest BCUT2D eigenvalue weighted by Gasteiger charge is -2.04. The van der Waals surface area contributed by atoms with Crippen LogP contribution in [0, 0.1) is 10.1 Å². The minimum absolute atomic E-state index is 0.122. The number of nitrogens with one attached hydrogen (secondary N) is 1. The molecule has 15 heavy (non-hydrogen) atoms. The summed E-state index contributed by atoms with van der Waals surface area (Å²) in [6.07, 6.45) is 1.50. The lowest BCUT2D eigenvalue weighted by Crippen LogP contribution is -2.05. The Kier molecular flexibility index (Phi) is 3.79. The van der Waals surface area contributed by atoms with Crippen molar-refractivity contribution < 1.29 is 4.92 Å². The van der Waals surface area contributed by atoms with Crippen LogP contribution in [0.15, 0.2) is 0 Å². The molecule has 0 saturated carbocycles. The van der Waals surface area contributed by atoms with Crippen LogP contribution in [0.5, 0.6) is 0 Å². The van der Waals surface area contributed by atoms with Gasteiger partial charge in [0.2, 0.25) is 11.0 Å². The normalized spacial score (nSPS) is 10.1. The van der Waals surface area contributed by atoms with Crippen molar-refractivity contribution in [2.24, 2.45) is 0 Å². The average Bonchev–Trinajstić information content (AvgIpc) is 2.16. The third-order valence-electron chi connectivity index (χ3n) is 1.78. The van der Waals surface area contributed by atoms with Crippen molar-refractivity contribution >= 4 is 23.1 Å². The molecule has 0 saturated heterocycles. The summed E-state index contributed by atoms with van der Waals surface area (Å²) in [4.78, 5) is 18.0. The summed E-state index contributed by atoms with van der Waals surface area (Å²) in [6, 6.07) is 0. The van der Waals surface area contributed by atoms with E-state index in [0.29, 0.717) is 12.2 Å². The Balaban J connectivity index is 3.24. The van der Waals surface area contributed by atoms with Gasteiger partial charge >= 0.3 is 5.69 Å². The van der Waals surface area contributed by atoms with E-state index < -0.39 is 4.92 Å². The van der Waals surface area contributed by atoms with Gasteiger partial charge in [0.25, 0.3) is 0 Å². The molecule has 0 bridgehead atoms. The zero-order valence-electron chi connectivity index (χ0n) is 8.45. The molecule has 0 aliphatic rings. The van der Waals surface area contributed by atoms with Gasteiger partial charge in [-0.3, -0.25) is 10.1 Å². The Morgan fingerprint density at radius 2 is 2.20 bits per heavy atom. The first-order chi connectivity index (χ1) is 7.10. The number of rotatable bonds is 4. The molecule has 1 aromatic heterocycles. The fraction of sp³-hybridized carbons (Fsp3) is 0.500. The van der Waals surface area contributed by atoms with Crippen molar-refractivity contribution in [3.63, 3.8) is 0 Å². The highest BCUT2D eigenvalue weighted by Crippen LogP contribution is 2.29. The maximum Gasteiger partial charge on any atom is 0.348 e. The van der Waals surface area contributed by atoms with Crippen LogP contribution in [0.1, 0.15) is 19.2 Å². The number of hydrogen-bond donors (Lipinski definition) is 1. The first kappa shape index (κ1) is 11.6. The van der Waals surface area contributed by atoms with Crippen molar-refractivity contribution in [3.8, 4) is 0 Å². The maximum atomic E-state index is 10.7. The van der Waals surface area contributed by atoms with E-state index in [1.165, 1.54) is 0 Å². The van der Waals surface area contributed by atoms with E-state index in [1.54, 1.807) is 7.05 Å². The molecule has 82 valence electrons. The molecule has 6 nitrogen and oxygen atoms in total. The monoisotopic (exact) mass is 230 g/mol. The van der Waals surface area contributed by atoms with Crippen molar-refractivity contribution in [2.45, 2.75) is 19.8 Å². The van der Waals surface area contributed by atoms with E-state index in [-0.39, 0.29) is 16.7 Å². The fourth-order valence-corrected chi connectivity index (χ4v) is 1.40. The third-order valence-corrected chi connectivity index (χ3v) is 2.04. The Morgan fingerprint density at radius 1 is 1.53 bits per heavy atom. The summed E-state index contributed by atoms with van der Waals surface area (Å²) >= 11 is 5.71. The zero-order chi connectivity index (χ0) is 11.4. The van der Waals surface area contributed by atoms with Crippen molar-refractivity contribution in [3.05, 3.63) is 21.1 Å². The first-order valence-electron chi connectivity index (χ1n) is 4.48. The molecule has 1 aromatic rings. The van der Waals surface area contributed by atoms with E-state index >= 15 is 0 Å². The maximum absolute atomic E-state index is 10.7. The second-order valence-corrected chi connectivity index (χ2v) is 3.24. The molecular formula is C8H11ClN4O2. The molecule has 0 aromatic carbocycles. The summed E-state index contributed by atoms with van der Waals surface area (Å²) < 4.78 is 0. The SMILES string of the molecule is CCCc1nc(Cl)c([N+](=O)[O-])c(NC)n1. The minimum Gasteiger partial charge on any atom is -0.367 e. The highest BCUT2D eigenvalue weighted by molar-refractivity contribution is 6.31. The molecule has 0 aliphatic carbocycles. The number of hydrogen-bond acceptors (Lipinski definition) is 5. The van der Waals surface area contributed by atoms with E-state index in [2.05, 4.69) is 15.3 Å². The van der Waals surface area contributed by atoms with E-state index in [9.17, 15) is 10.1 Å². The van der Waals surface area contributed by atoms with Crippen molar-refractivity contribution in [1.82, 2.24) is 9.97 Å². The predicted octanol–water partition coefficient (Wildman–Crippen LogP) is 2.03. The van der Waals surface area contributed by atoms with Gasteiger partial charge in [0.15, 0.2) is 0 Å². The second-order valence-electron chi connectivity index (χ2n) is 2.88. The van der Waals surface area contributed by atoms with Crippen LogP contribution in [0.25, 0.3) is 0 Å². The van der Waals surface area contributed by atoms with Crippen LogP contribution >= 0.6 is 11.6 Å². The van der Waals surface area contributed by atoms with Crippen LogP contribution in [-0.2, 0) is 6.42 Å². The van der Waals surface area contributed by atoms with Crippen LogP contribution in [0.3, 0.4) is 0 Å². The van der Waals surface area contributed by atoms with Gasteiger partial charge in [-0.05, 0) is 6.42 Å². The summed E-state index contributed by atoms with van der Waals surface area (Å²) in [6.45, 7) is 1.97. The van der Waals surface area contributed by atoms with Crippen LogP contribution in [0.4, 0.5) is 11.5 Å². The Labute approximate surface area is 91.8 Å². The molecule has 0 unspecified atom stereocenters. The standard InChI is InChI=1S/C8H11ClN4O2/c1-3-4-5-11-7(9)6(13(14)15)8(10-2)12-5/h3-4H2,1-2H3,(H,10,11,12). The Hall–Kier alpha value is -1.43. The third kappa shape index (κ3) is 2.53. The van der Waals surface area contributed by atoms with Gasteiger partial charge in [-0.15, -0.1) is 0 Å². The van der Waals surface area contributed by atoms with Crippen molar-refractivity contribution in [1.29, 1.82) is 0 Å². The largest absolute Gasteiger partial charge is 0.367 e. The molecule has 0 aliphatic heterocycles. The summed E-state index contributed by atoms with van der Waals surface area (Å²) in [5.41, 5.74) is -0.279. The molecule has 0 fully saturated rings. The number of halogens is 1. The van der Waals surface area contributed by atoms with Crippen molar-refractivity contribution in [2.75, 3.05) is 12.4 Å². The fourth-order valence-electron chi connectivity index (χ4n) is 1.14. The molecular weight excluding hydrogens is 220 g/mol. The van der Waals surface area contributed by atoms with Gasteiger partial charge in [-0.2, -0.15) is 0 Å². The van der Waals surface area contributed by atoms with Crippen LogP contribution < -0.4 is 5.32 Å². The highest BCUT2D eigenvalue weighted by Gasteiger charge is 2.22. The van der Waals surface area contributed by atoms with E-state index in [4.69, 9.17) is 11.6 Å². The van der Waals surface area contributed by atoms with E-state index in [1.807, 2.05) is 6.92 Å².